The van der Waals surface area contributed by atoms with E-state index in [1.165, 1.54) is 0 Å². The second-order valence-corrected chi connectivity index (χ2v) is 4.22. The van der Waals surface area contributed by atoms with E-state index in [0.29, 0.717) is 0 Å². The van der Waals surface area contributed by atoms with Crippen LogP contribution in [0.2, 0.25) is 5.02 Å². The summed E-state index contributed by atoms with van der Waals surface area (Å²) in [6.07, 6.45) is 0.274. The van der Waals surface area contributed by atoms with Gasteiger partial charge in [0.25, 0.3) is 0 Å². The molecule has 1 rings (SSSR count). The molecule has 2 nitrogen and oxygen atoms in total. The Hall–Kier alpha value is -0.570. The first kappa shape index (κ1) is 12.5. The van der Waals surface area contributed by atoms with E-state index >= 15 is 0 Å². The van der Waals surface area contributed by atoms with E-state index in [-0.39, 0.29) is 12.2 Å². The highest BCUT2D eigenvalue weighted by molar-refractivity contribution is 6.30. The molecule has 1 aromatic rings. The third-order valence-electron chi connectivity index (χ3n) is 2.05. The van der Waals surface area contributed by atoms with E-state index in [4.69, 9.17) is 16.3 Å². The molecular formula is C12H18ClNO. The molecule has 0 aliphatic carbocycles. The Morgan fingerprint density at radius 2 is 2.13 bits per heavy atom. The Morgan fingerprint density at radius 3 is 2.67 bits per heavy atom. The number of halogens is 1. The number of likely N-dealkylation sites (N-methyl/N-ethyl adjacent to an activating group) is 1. The van der Waals surface area contributed by atoms with Crippen molar-refractivity contribution in [3.63, 3.8) is 0 Å². The molecule has 3 heteroatoms. The molecule has 0 bridgehead atoms. The molecule has 0 saturated carbocycles. The first-order valence-corrected chi connectivity index (χ1v) is 5.56. The first-order chi connectivity index (χ1) is 7.13. The lowest BCUT2D eigenvalue weighted by Crippen LogP contribution is -2.22. The topological polar surface area (TPSA) is 21.3 Å². The second kappa shape index (κ2) is 6.11. The molecule has 1 unspecified atom stereocenters. The van der Waals surface area contributed by atoms with Crippen molar-refractivity contribution in [3.05, 3.63) is 34.9 Å². The molecule has 1 N–H and O–H groups in total. The van der Waals surface area contributed by atoms with Gasteiger partial charge < -0.3 is 10.1 Å². The second-order valence-electron chi connectivity index (χ2n) is 3.79. The van der Waals surface area contributed by atoms with Gasteiger partial charge >= 0.3 is 0 Å². The van der Waals surface area contributed by atoms with Crippen molar-refractivity contribution in [3.8, 4) is 0 Å². The minimum atomic E-state index is 0.0636. The van der Waals surface area contributed by atoms with Crippen LogP contribution >= 0.6 is 11.6 Å². The lowest BCUT2D eigenvalue weighted by atomic mass is 10.1. The van der Waals surface area contributed by atoms with Gasteiger partial charge in [0, 0.05) is 11.6 Å². The Morgan fingerprint density at radius 1 is 1.40 bits per heavy atom. The molecule has 15 heavy (non-hydrogen) atoms. The summed E-state index contributed by atoms with van der Waals surface area (Å²) < 4.78 is 5.81. The van der Waals surface area contributed by atoms with Crippen molar-refractivity contribution in [2.75, 3.05) is 13.6 Å². The average Bonchev–Trinajstić information content (AvgIpc) is 2.16. The number of hydrogen-bond acceptors (Lipinski definition) is 2. The molecule has 0 heterocycles. The van der Waals surface area contributed by atoms with Gasteiger partial charge in [-0.25, -0.2) is 0 Å². The van der Waals surface area contributed by atoms with Crippen molar-refractivity contribution < 1.29 is 4.74 Å². The van der Waals surface area contributed by atoms with Gasteiger partial charge in [-0.1, -0.05) is 23.7 Å². The van der Waals surface area contributed by atoms with Crippen LogP contribution in [-0.4, -0.2) is 19.7 Å². The van der Waals surface area contributed by atoms with E-state index in [0.717, 1.165) is 17.1 Å². The highest BCUT2D eigenvalue weighted by Gasteiger charge is 2.12. The van der Waals surface area contributed by atoms with Crippen LogP contribution in [0.4, 0.5) is 0 Å². The summed E-state index contributed by atoms with van der Waals surface area (Å²) >= 11 is 5.95. The maximum absolute atomic E-state index is 5.95. The third kappa shape index (κ3) is 4.20. The van der Waals surface area contributed by atoms with Gasteiger partial charge in [-0.15, -0.1) is 0 Å². The fraction of sp³-hybridized carbons (Fsp3) is 0.500. The Bertz CT molecular complexity index is 301. The van der Waals surface area contributed by atoms with Gasteiger partial charge in [0.15, 0.2) is 0 Å². The van der Waals surface area contributed by atoms with Crippen LogP contribution in [0.3, 0.4) is 0 Å². The summed E-state index contributed by atoms with van der Waals surface area (Å²) in [7, 11) is 1.92. The van der Waals surface area contributed by atoms with Gasteiger partial charge in [0.2, 0.25) is 0 Å². The van der Waals surface area contributed by atoms with Crippen LogP contribution in [0.5, 0.6) is 0 Å². The summed E-state index contributed by atoms with van der Waals surface area (Å²) in [4.78, 5) is 0. The molecular weight excluding hydrogens is 210 g/mol. The van der Waals surface area contributed by atoms with Crippen molar-refractivity contribution in [1.29, 1.82) is 0 Å². The lowest BCUT2D eigenvalue weighted by Gasteiger charge is -2.20. The Labute approximate surface area is 96.6 Å². The predicted molar refractivity (Wildman–Crippen MR) is 64.3 cm³/mol. The predicted octanol–water partition coefficient (Wildman–Crippen LogP) is 3.03. The molecule has 0 amide bonds. The summed E-state index contributed by atoms with van der Waals surface area (Å²) in [5.74, 6) is 0. The fourth-order valence-corrected chi connectivity index (χ4v) is 1.66. The number of benzene rings is 1. The van der Waals surface area contributed by atoms with Gasteiger partial charge in [0.05, 0.1) is 12.2 Å². The van der Waals surface area contributed by atoms with Crippen LogP contribution in [-0.2, 0) is 4.74 Å². The summed E-state index contributed by atoms with van der Waals surface area (Å²) in [6, 6.07) is 7.81. The zero-order chi connectivity index (χ0) is 11.3. The summed E-state index contributed by atoms with van der Waals surface area (Å²) in [6.45, 7) is 4.86. The smallest absolute Gasteiger partial charge is 0.0953 e. The molecule has 0 aliphatic rings. The van der Waals surface area contributed by atoms with Crippen molar-refractivity contribution in [2.45, 2.75) is 26.1 Å². The molecule has 84 valence electrons. The van der Waals surface area contributed by atoms with Crippen LogP contribution < -0.4 is 5.32 Å². The van der Waals surface area contributed by atoms with E-state index in [2.05, 4.69) is 5.32 Å². The molecule has 0 aliphatic heterocycles. The number of nitrogens with one attached hydrogen (secondary N) is 1. The molecule has 0 spiro atoms. The van der Waals surface area contributed by atoms with Crippen LogP contribution in [0.25, 0.3) is 0 Å². The Balaban J connectivity index is 2.78. The maximum Gasteiger partial charge on any atom is 0.0953 e. The van der Waals surface area contributed by atoms with E-state index < -0.39 is 0 Å². The third-order valence-corrected chi connectivity index (χ3v) is 2.28. The van der Waals surface area contributed by atoms with Crippen LogP contribution in [0.1, 0.15) is 25.5 Å². The molecule has 0 aromatic heterocycles. The molecule has 1 atom stereocenters. The molecule has 0 saturated heterocycles. The Kier molecular flexibility index (Phi) is 5.09. The van der Waals surface area contributed by atoms with Gasteiger partial charge in [0.1, 0.15) is 0 Å². The largest absolute Gasteiger partial charge is 0.370 e. The van der Waals surface area contributed by atoms with Crippen molar-refractivity contribution in [2.24, 2.45) is 0 Å². The summed E-state index contributed by atoms with van der Waals surface area (Å²) in [5, 5.41) is 3.87. The van der Waals surface area contributed by atoms with Crippen molar-refractivity contribution >= 4 is 11.6 Å². The number of rotatable bonds is 5. The average molecular weight is 228 g/mol. The molecule has 1 aromatic carbocycles. The van der Waals surface area contributed by atoms with Gasteiger partial charge in [-0.05, 0) is 38.6 Å². The minimum Gasteiger partial charge on any atom is -0.370 e. The molecule has 0 radical (unpaired) electrons. The normalized spacial score (nSPS) is 13.1. The number of hydrogen-bond donors (Lipinski definition) is 1. The van der Waals surface area contributed by atoms with Crippen LogP contribution in [0, 0.1) is 0 Å². The molecule has 0 fully saturated rings. The maximum atomic E-state index is 5.95. The fourth-order valence-electron chi connectivity index (χ4n) is 1.47. The van der Waals surface area contributed by atoms with Crippen LogP contribution in [0.15, 0.2) is 24.3 Å². The first-order valence-electron chi connectivity index (χ1n) is 5.19. The van der Waals surface area contributed by atoms with E-state index in [1.54, 1.807) is 0 Å². The van der Waals surface area contributed by atoms with Crippen molar-refractivity contribution in [1.82, 2.24) is 5.32 Å². The number of ether oxygens (including phenoxy) is 1. The standard InChI is InChI=1S/C12H18ClNO/c1-9(2)15-12(8-14-3)10-5-4-6-11(13)7-10/h4-7,9,12,14H,8H2,1-3H3. The van der Waals surface area contributed by atoms with Gasteiger partial charge in [-0.3, -0.25) is 0 Å². The quantitative estimate of drug-likeness (QED) is 0.835. The van der Waals surface area contributed by atoms with E-state index in [1.807, 2.05) is 45.2 Å². The van der Waals surface area contributed by atoms with Gasteiger partial charge in [-0.2, -0.15) is 0 Å². The van der Waals surface area contributed by atoms with E-state index in [9.17, 15) is 0 Å². The highest BCUT2D eigenvalue weighted by Crippen LogP contribution is 2.21. The summed E-state index contributed by atoms with van der Waals surface area (Å²) in [5.41, 5.74) is 1.12. The SMILES string of the molecule is CNCC(OC(C)C)c1cccc(Cl)c1. The monoisotopic (exact) mass is 227 g/mol. The highest BCUT2D eigenvalue weighted by atomic mass is 35.5. The lowest BCUT2D eigenvalue weighted by molar-refractivity contribution is 0.00814. The minimum absolute atomic E-state index is 0.0636. The zero-order valence-electron chi connectivity index (χ0n) is 9.46. The zero-order valence-corrected chi connectivity index (χ0v) is 10.2.